The van der Waals surface area contributed by atoms with Gasteiger partial charge in [0.05, 0.1) is 0 Å². The second-order valence-electron chi connectivity index (χ2n) is 6.04. The van der Waals surface area contributed by atoms with Crippen molar-refractivity contribution in [3.63, 3.8) is 0 Å². The van der Waals surface area contributed by atoms with Crippen molar-refractivity contribution >= 4 is 11.6 Å². The number of hydrogen-bond acceptors (Lipinski definition) is 6. The van der Waals surface area contributed by atoms with Gasteiger partial charge in [0.1, 0.15) is 23.8 Å². The van der Waals surface area contributed by atoms with Gasteiger partial charge in [-0.15, -0.1) is 10.2 Å². The lowest BCUT2D eigenvalue weighted by Crippen LogP contribution is -2.27. The number of nitrogens with zero attached hydrogens (tertiary/aromatic N) is 7. The molecule has 1 N–H and O–H groups in total. The molecule has 0 bridgehead atoms. The minimum absolute atomic E-state index is 0.552. The fraction of sp³-hybridized carbons (Fsp3) is 0.533. The molecule has 8 heteroatoms. The first-order valence-electron chi connectivity index (χ1n) is 8.06. The van der Waals surface area contributed by atoms with Crippen LogP contribution < -0.4 is 5.32 Å². The Labute approximate surface area is 134 Å². The molecule has 1 atom stereocenters. The van der Waals surface area contributed by atoms with Gasteiger partial charge in [0.15, 0.2) is 0 Å². The Bertz CT molecular complexity index is 820. The van der Waals surface area contributed by atoms with Crippen LogP contribution in [0.4, 0.5) is 5.82 Å². The largest absolute Gasteiger partial charge is 0.370 e. The molecule has 0 aliphatic carbocycles. The van der Waals surface area contributed by atoms with E-state index in [9.17, 15) is 0 Å². The molecule has 0 aromatic carbocycles. The summed E-state index contributed by atoms with van der Waals surface area (Å²) in [6.45, 7) is 5.96. The first-order chi connectivity index (χ1) is 11.2. The van der Waals surface area contributed by atoms with E-state index in [1.54, 1.807) is 4.52 Å². The molecule has 0 fully saturated rings. The van der Waals surface area contributed by atoms with Crippen molar-refractivity contribution in [2.24, 2.45) is 5.92 Å². The molecule has 0 saturated carbocycles. The summed E-state index contributed by atoms with van der Waals surface area (Å²) in [6.07, 6.45) is 4.58. The Balaban J connectivity index is 1.50. The van der Waals surface area contributed by atoms with Crippen molar-refractivity contribution in [1.82, 2.24) is 34.3 Å². The average molecular weight is 312 g/mol. The van der Waals surface area contributed by atoms with Crippen molar-refractivity contribution < 1.29 is 0 Å². The second kappa shape index (κ2) is 5.60. The molecule has 3 aromatic heterocycles. The molecule has 1 aliphatic rings. The van der Waals surface area contributed by atoms with Gasteiger partial charge in [-0.05, 0) is 19.3 Å². The molecule has 0 amide bonds. The molecule has 3 aromatic rings. The topological polar surface area (TPSA) is 85.8 Å². The molecule has 0 radical (unpaired) electrons. The summed E-state index contributed by atoms with van der Waals surface area (Å²) in [4.78, 5) is 8.53. The van der Waals surface area contributed by atoms with Crippen molar-refractivity contribution in [1.29, 1.82) is 0 Å². The van der Waals surface area contributed by atoms with Crippen LogP contribution >= 0.6 is 0 Å². The van der Waals surface area contributed by atoms with Crippen molar-refractivity contribution in [3.8, 4) is 0 Å². The number of anilines is 1. The van der Waals surface area contributed by atoms with Crippen molar-refractivity contribution in [2.75, 3.05) is 11.9 Å². The van der Waals surface area contributed by atoms with Crippen LogP contribution in [0.5, 0.6) is 0 Å². The Morgan fingerprint density at radius 3 is 3.13 bits per heavy atom. The SMILES string of the molecule is CCc1nnc2n1CC(CNc1cc(C)nc3ncnn13)CC2. The van der Waals surface area contributed by atoms with Crippen LogP contribution in [-0.4, -0.2) is 40.9 Å². The van der Waals surface area contributed by atoms with Crippen LogP contribution in [0.25, 0.3) is 5.78 Å². The van der Waals surface area contributed by atoms with Crippen LogP contribution in [-0.2, 0) is 19.4 Å². The normalized spacial score (nSPS) is 17.4. The lowest BCUT2D eigenvalue weighted by molar-refractivity contribution is 0.374. The number of fused-ring (bicyclic) bond motifs is 2. The maximum atomic E-state index is 4.37. The minimum Gasteiger partial charge on any atom is -0.370 e. The van der Waals surface area contributed by atoms with Gasteiger partial charge in [-0.25, -0.2) is 4.98 Å². The van der Waals surface area contributed by atoms with E-state index in [-0.39, 0.29) is 0 Å². The number of aryl methyl sites for hydroxylation is 3. The van der Waals surface area contributed by atoms with E-state index in [2.05, 4.69) is 42.1 Å². The molecule has 1 unspecified atom stereocenters. The van der Waals surface area contributed by atoms with E-state index < -0.39 is 0 Å². The summed E-state index contributed by atoms with van der Waals surface area (Å²) in [7, 11) is 0. The molecule has 1 aliphatic heterocycles. The van der Waals surface area contributed by atoms with Gasteiger partial charge in [0.25, 0.3) is 5.78 Å². The molecule has 4 heterocycles. The summed E-state index contributed by atoms with van der Waals surface area (Å²) in [5.74, 6) is 4.33. The van der Waals surface area contributed by atoms with Gasteiger partial charge in [-0.2, -0.15) is 14.6 Å². The summed E-state index contributed by atoms with van der Waals surface area (Å²) in [5.41, 5.74) is 0.936. The van der Waals surface area contributed by atoms with Crippen LogP contribution in [0.3, 0.4) is 0 Å². The number of rotatable bonds is 4. The fourth-order valence-corrected chi connectivity index (χ4v) is 3.18. The maximum absolute atomic E-state index is 4.37. The van der Waals surface area contributed by atoms with Gasteiger partial charge >= 0.3 is 0 Å². The highest BCUT2D eigenvalue weighted by Crippen LogP contribution is 2.21. The number of nitrogens with one attached hydrogen (secondary N) is 1. The zero-order valence-electron chi connectivity index (χ0n) is 13.4. The van der Waals surface area contributed by atoms with Gasteiger partial charge < -0.3 is 9.88 Å². The number of aromatic nitrogens is 7. The zero-order chi connectivity index (χ0) is 15.8. The molecule has 120 valence electrons. The molecule has 0 saturated heterocycles. The fourth-order valence-electron chi connectivity index (χ4n) is 3.18. The summed E-state index contributed by atoms with van der Waals surface area (Å²) < 4.78 is 4.02. The third-order valence-electron chi connectivity index (χ3n) is 4.39. The minimum atomic E-state index is 0.552. The highest BCUT2D eigenvalue weighted by Gasteiger charge is 2.22. The summed E-state index contributed by atoms with van der Waals surface area (Å²) in [6, 6.07) is 2.01. The molecule has 23 heavy (non-hydrogen) atoms. The van der Waals surface area contributed by atoms with Gasteiger partial charge in [-0.3, -0.25) is 0 Å². The summed E-state index contributed by atoms with van der Waals surface area (Å²) in [5, 5.41) is 16.3. The van der Waals surface area contributed by atoms with Gasteiger partial charge in [-0.1, -0.05) is 6.92 Å². The quantitative estimate of drug-likeness (QED) is 0.780. The van der Waals surface area contributed by atoms with E-state index in [0.717, 1.165) is 55.5 Å². The Morgan fingerprint density at radius 2 is 2.26 bits per heavy atom. The number of hydrogen-bond donors (Lipinski definition) is 1. The Kier molecular flexibility index (Phi) is 3.44. The predicted octanol–water partition coefficient (Wildman–Crippen LogP) is 1.26. The first-order valence-corrected chi connectivity index (χ1v) is 8.06. The molecule has 0 spiro atoms. The third kappa shape index (κ3) is 2.54. The Hall–Kier alpha value is -2.51. The van der Waals surface area contributed by atoms with E-state index in [1.807, 2.05) is 13.0 Å². The Morgan fingerprint density at radius 1 is 1.35 bits per heavy atom. The van der Waals surface area contributed by atoms with Crippen molar-refractivity contribution in [2.45, 2.75) is 39.7 Å². The highest BCUT2D eigenvalue weighted by atomic mass is 15.4. The lowest BCUT2D eigenvalue weighted by atomic mass is 9.99. The van der Waals surface area contributed by atoms with Gasteiger partial charge in [0, 0.05) is 37.7 Å². The third-order valence-corrected chi connectivity index (χ3v) is 4.39. The van der Waals surface area contributed by atoms with Crippen LogP contribution in [0.1, 0.15) is 30.7 Å². The smallest absolute Gasteiger partial charge is 0.254 e. The average Bonchev–Trinajstić information content (AvgIpc) is 3.18. The molecule has 4 rings (SSSR count). The lowest BCUT2D eigenvalue weighted by Gasteiger charge is -2.25. The highest BCUT2D eigenvalue weighted by molar-refractivity contribution is 5.44. The molecular weight excluding hydrogens is 292 g/mol. The second-order valence-corrected chi connectivity index (χ2v) is 6.04. The maximum Gasteiger partial charge on any atom is 0.254 e. The van der Waals surface area contributed by atoms with E-state index in [0.29, 0.717) is 11.7 Å². The van der Waals surface area contributed by atoms with Crippen LogP contribution in [0, 0.1) is 12.8 Å². The molecular formula is C15H20N8. The molecule has 8 nitrogen and oxygen atoms in total. The summed E-state index contributed by atoms with van der Waals surface area (Å²) >= 11 is 0. The van der Waals surface area contributed by atoms with Crippen molar-refractivity contribution in [3.05, 3.63) is 29.7 Å². The van der Waals surface area contributed by atoms with E-state index in [1.165, 1.54) is 6.33 Å². The van der Waals surface area contributed by atoms with E-state index in [4.69, 9.17) is 0 Å². The predicted molar refractivity (Wildman–Crippen MR) is 85.2 cm³/mol. The zero-order valence-corrected chi connectivity index (χ0v) is 13.4. The monoisotopic (exact) mass is 312 g/mol. The van der Waals surface area contributed by atoms with Crippen LogP contribution in [0.15, 0.2) is 12.4 Å². The van der Waals surface area contributed by atoms with Gasteiger partial charge in [0.2, 0.25) is 0 Å². The standard InChI is InChI=1S/C15H20N8/c1-3-12-20-21-13-5-4-11(8-22(12)13)7-16-14-6-10(2)19-15-17-9-18-23(14)15/h6,9,11,16H,3-5,7-8H2,1-2H3. The van der Waals surface area contributed by atoms with E-state index >= 15 is 0 Å². The van der Waals surface area contributed by atoms with Crippen LogP contribution in [0.2, 0.25) is 0 Å². The first kappa shape index (κ1) is 14.1.